The fraction of sp³-hybridized carbons (Fsp3) is 0.588. The van der Waals surface area contributed by atoms with Gasteiger partial charge >= 0.3 is 0 Å². The summed E-state index contributed by atoms with van der Waals surface area (Å²) in [4.78, 5) is 2.48. The van der Waals surface area contributed by atoms with E-state index in [0.717, 1.165) is 29.5 Å². The molecule has 1 aliphatic heterocycles. The van der Waals surface area contributed by atoms with Crippen molar-refractivity contribution in [3.63, 3.8) is 0 Å². The van der Waals surface area contributed by atoms with Crippen LogP contribution in [0.15, 0.2) is 18.2 Å². The van der Waals surface area contributed by atoms with Crippen LogP contribution in [-0.2, 0) is 0 Å². The van der Waals surface area contributed by atoms with Crippen LogP contribution in [0.5, 0.6) is 5.75 Å². The van der Waals surface area contributed by atoms with E-state index in [0.29, 0.717) is 6.04 Å². The van der Waals surface area contributed by atoms with E-state index < -0.39 is 0 Å². The number of hydrogen-bond acceptors (Lipinski definition) is 3. The molecule has 0 aromatic heterocycles. The summed E-state index contributed by atoms with van der Waals surface area (Å²) in [5.74, 6) is 1.66. The SMILES string of the molecule is COc1ccc(C#N)c(N2CCCC3CCCCC32)c1. The van der Waals surface area contributed by atoms with Crippen molar-refractivity contribution in [3.8, 4) is 11.8 Å². The number of rotatable bonds is 2. The van der Waals surface area contributed by atoms with Gasteiger partial charge in [0.1, 0.15) is 11.8 Å². The molecule has 3 heteroatoms. The van der Waals surface area contributed by atoms with Gasteiger partial charge in [-0.1, -0.05) is 12.8 Å². The maximum Gasteiger partial charge on any atom is 0.121 e. The highest BCUT2D eigenvalue weighted by atomic mass is 16.5. The zero-order chi connectivity index (χ0) is 13.9. The summed E-state index contributed by atoms with van der Waals surface area (Å²) in [6, 6.07) is 8.77. The highest BCUT2D eigenvalue weighted by Gasteiger charge is 2.34. The first-order valence-electron chi connectivity index (χ1n) is 7.68. The highest BCUT2D eigenvalue weighted by Crippen LogP contribution is 2.39. The Labute approximate surface area is 121 Å². The molecule has 1 aromatic rings. The van der Waals surface area contributed by atoms with Crippen molar-refractivity contribution in [1.82, 2.24) is 0 Å². The van der Waals surface area contributed by atoms with Crippen LogP contribution in [0.2, 0.25) is 0 Å². The molecule has 0 bridgehead atoms. The molecule has 2 unspecified atom stereocenters. The Morgan fingerprint density at radius 2 is 2.00 bits per heavy atom. The molecule has 0 radical (unpaired) electrons. The largest absolute Gasteiger partial charge is 0.497 e. The summed E-state index contributed by atoms with van der Waals surface area (Å²) in [6.07, 6.45) is 7.91. The summed E-state index contributed by atoms with van der Waals surface area (Å²) in [6.45, 7) is 1.07. The van der Waals surface area contributed by atoms with Gasteiger partial charge in [0.2, 0.25) is 0 Å². The molecule has 2 atom stereocenters. The first-order valence-corrected chi connectivity index (χ1v) is 7.68. The summed E-state index contributed by atoms with van der Waals surface area (Å²) in [5.41, 5.74) is 1.85. The maximum atomic E-state index is 9.39. The lowest BCUT2D eigenvalue weighted by molar-refractivity contribution is 0.243. The van der Waals surface area contributed by atoms with Crippen molar-refractivity contribution in [3.05, 3.63) is 23.8 Å². The van der Waals surface area contributed by atoms with Crippen molar-refractivity contribution in [2.45, 2.75) is 44.6 Å². The topological polar surface area (TPSA) is 36.3 Å². The molecule has 1 saturated heterocycles. The van der Waals surface area contributed by atoms with E-state index in [-0.39, 0.29) is 0 Å². The number of methoxy groups -OCH3 is 1. The van der Waals surface area contributed by atoms with E-state index in [2.05, 4.69) is 11.0 Å². The molecule has 1 aliphatic carbocycles. The second-order valence-electron chi connectivity index (χ2n) is 5.94. The summed E-state index contributed by atoms with van der Waals surface area (Å²) >= 11 is 0. The Kier molecular flexibility index (Phi) is 3.82. The number of nitriles is 1. The van der Waals surface area contributed by atoms with Crippen LogP contribution in [0.25, 0.3) is 0 Å². The second kappa shape index (κ2) is 5.75. The maximum absolute atomic E-state index is 9.39. The Morgan fingerprint density at radius 1 is 1.20 bits per heavy atom. The van der Waals surface area contributed by atoms with Crippen LogP contribution in [-0.4, -0.2) is 19.7 Å². The summed E-state index contributed by atoms with van der Waals surface area (Å²) in [7, 11) is 1.69. The van der Waals surface area contributed by atoms with E-state index in [1.54, 1.807) is 7.11 Å². The molecule has 1 saturated carbocycles. The van der Waals surface area contributed by atoms with E-state index in [4.69, 9.17) is 4.74 Å². The molecule has 2 aliphatic rings. The second-order valence-corrected chi connectivity index (χ2v) is 5.94. The summed E-state index contributed by atoms with van der Waals surface area (Å²) in [5, 5.41) is 9.39. The number of benzene rings is 1. The zero-order valence-electron chi connectivity index (χ0n) is 12.1. The molecule has 2 fully saturated rings. The van der Waals surface area contributed by atoms with Gasteiger partial charge in [-0.15, -0.1) is 0 Å². The lowest BCUT2D eigenvalue weighted by atomic mass is 9.78. The van der Waals surface area contributed by atoms with Gasteiger partial charge in [0.25, 0.3) is 0 Å². The molecule has 3 nitrogen and oxygen atoms in total. The standard InChI is InChI=1S/C17H22N2O/c1-20-15-9-8-14(12-18)17(11-15)19-10-4-6-13-5-2-3-7-16(13)19/h8-9,11,13,16H,2-7,10H2,1H3. The van der Waals surface area contributed by atoms with Gasteiger partial charge in [-0.05, 0) is 43.7 Å². The van der Waals surface area contributed by atoms with Crippen LogP contribution in [0, 0.1) is 17.2 Å². The van der Waals surface area contributed by atoms with Crippen LogP contribution in [0.3, 0.4) is 0 Å². The molecule has 106 valence electrons. The van der Waals surface area contributed by atoms with E-state index in [1.807, 2.05) is 18.2 Å². The van der Waals surface area contributed by atoms with Gasteiger partial charge in [0.15, 0.2) is 0 Å². The van der Waals surface area contributed by atoms with Crippen molar-refractivity contribution in [2.75, 3.05) is 18.6 Å². The van der Waals surface area contributed by atoms with Crippen molar-refractivity contribution < 1.29 is 4.74 Å². The minimum absolute atomic E-state index is 0.622. The lowest BCUT2D eigenvalue weighted by Gasteiger charge is -2.45. The predicted molar refractivity (Wildman–Crippen MR) is 80.0 cm³/mol. The predicted octanol–water partition coefficient (Wildman–Crippen LogP) is 3.73. The van der Waals surface area contributed by atoms with Crippen molar-refractivity contribution in [1.29, 1.82) is 5.26 Å². The smallest absolute Gasteiger partial charge is 0.121 e. The molecule has 1 heterocycles. The first-order chi connectivity index (χ1) is 9.83. The zero-order valence-corrected chi connectivity index (χ0v) is 12.1. The van der Waals surface area contributed by atoms with Gasteiger partial charge in [0.05, 0.1) is 18.4 Å². The summed E-state index contributed by atoms with van der Waals surface area (Å²) < 4.78 is 5.35. The molecule has 1 aromatic carbocycles. The van der Waals surface area contributed by atoms with Crippen LogP contribution < -0.4 is 9.64 Å². The normalized spacial score (nSPS) is 25.7. The minimum Gasteiger partial charge on any atom is -0.497 e. The van der Waals surface area contributed by atoms with Crippen molar-refractivity contribution >= 4 is 5.69 Å². The minimum atomic E-state index is 0.622. The quantitative estimate of drug-likeness (QED) is 0.821. The lowest BCUT2D eigenvalue weighted by Crippen LogP contribution is -2.47. The average Bonchev–Trinajstić information content (AvgIpc) is 2.53. The van der Waals surface area contributed by atoms with Crippen LogP contribution in [0.1, 0.15) is 44.1 Å². The molecular formula is C17H22N2O. The van der Waals surface area contributed by atoms with Gasteiger partial charge in [-0.3, -0.25) is 0 Å². The fourth-order valence-electron chi connectivity index (χ4n) is 3.89. The first kappa shape index (κ1) is 13.3. The Balaban J connectivity index is 1.96. The Bertz CT molecular complexity index is 518. The van der Waals surface area contributed by atoms with E-state index in [1.165, 1.54) is 38.5 Å². The number of anilines is 1. The molecule has 20 heavy (non-hydrogen) atoms. The van der Waals surface area contributed by atoms with Gasteiger partial charge < -0.3 is 9.64 Å². The van der Waals surface area contributed by atoms with E-state index >= 15 is 0 Å². The molecular weight excluding hydrogens is 248 g/mol. The number of hydrogen-bond donors (Lipinski definition) is 0. The van der Waals surface area contributed by atoms with Crippen LogP contribution in [0.4, 0.5) is 5.69 Å². The van der Waals surface area contributed by atoms with E-state index in [9.17, 15) is 5.26 Å². The number of piperidine rings is 1. The van der Waals surface area contributed by atoms with Crippen molar-refractivity contribution in [2.24, 2.45) is 5.92 Å². The average molecular weight is 270 g/mol. The number of fused-ring (bicyclic) bond motifs is 1. The Hall–Kier alpha value is -1.69. The van der Waals surface area contributed by atoms with Gasteiger partial charge in [0, 0.05) is 18.7 Å². The van der Waals surface area contributed by atoms with Gasteiger partial charge in [-0.25, -0.2) is 0 Å². The molecule has 3 rings (SSSR count). The Morgan fingerprint density at radius 3 is 2.80 bits per heavy atom. The third-order valence-electron chi connectivity index (χ3n) is 4.88. The van der Waals surface area contributed by atoms with Gasteiger partial charge in [-0.2, -0.15) is 5.26 Å². The highest BCUT2D eigenvalue weighted by molar-refractivity contribution is 5.63. The number of ether oxygens (including phenoxy) is 1. The monoisotopic (exact) mass is 270 g/mol. The molecule has 0 N–H and O–H groups in total. The fourth-order valence-corrected chi connectivity index (χ4v) is 3.89. The third-order valence-corrected chi connectivity index (χ3v) is 4.88. The van der Waals surface area contributed by atoms with Crippen LogP contribution >= 0.6 is 0 Å². The number of nitrogens with zero attached hydrogens (tertiary/aromatic N) is 2. The molecule has 0 amide bonds. The molecule has 0 spiro atoms. The third kappa shape index (κ3) is 2.35.